The van der Waals surface area contributed by atoms with E-state index in [2.05, 4.69) is 20.8 Å². The molecule has 0 N–H and O–H groups in total. The number of imide groups is 1. The summed E-state index contributed by atoms with van der Waals surface area (Å²) in [5, 5.41) is 0.358. The SMILES string of the molecule is CC(C)(C)c1ccc([C@H]2c3sc(=O)n(CC(=O)N4CCOCC4)c3SC3C(=O)N(c4ccc(Cl)cc4)C(=O)C32)cc1. The van der Waals surface area contributed by atoms with Crippen LogP contribution in [0.4, 0.5) is 5.69 Å². The average molecular weight is 612 g/mol. The van der Waals surface area contributed by atoms with Crippen molar-refractivity contribution in [3.8, 4) is 0 Å². The third-order valence-electron chi connectivity index (χ3n) is 7.93. The Hall–Kier alpha value is -2.92. The van der Waals surface area contributed by atoms with E-state index in [1.165, 1.54) is 21.2 Å². The Morgan fingerprint density at radius 2 is 1.63 bits per heavy atom. The van der Waals surface area contributed by atoms with Crippen LogP contribution in [0.3, 0.4) is 0 Å². The lowest BCUT2D eigenvalue weighted by atomic mass is 9.81. The van der Waals surface area contributed by atoms with Crippen molar-refractivity contribution in [2.45, 2.75) is 48.9 Å². The first-order valence-electron chi connectivity index (χ1n) is 13.5. The molecule has 0 spiro atoms. The zero-order valence-corrected chi connectivity index (χ0v) is 25.4. The molecule has 0 radical (unpaired) electrons. The van der Waals surface area contributed by atoms with Crippen molar-refractivity contribution in [1.82, 2.24) is 9.47 Å². The molecular formula is C30H30ClN3O5S2. The van der Waals surface area contributed by atoms with Crippen molar-refractivity contribution in [1.29, 1.82) is 0 Å². The quantitative estimate of drug-likeness (QED) is 0.403. The number of ether oxygens (including phenoxy) is 1. The molecule has 3 aliphatic rings. The number of fused-ring (bicyclic) bond motifs is 2. The van der Waals surface area contributed by atoms with Crippen LogP contribution in [0.25, 0.3) is 0 Å². The topological polar surface area (TPSA) is 88.9 Å². The lowest BCUT2D eigenvalue weighted by Crippen LogP contribution is -2.43. The van der Waals surface area contributed by atoms with Crippen molar-refractivity contribution in [3.63, 3.8) is 0 Å². The molecule has 1 aromatic heterocycles. The van der Waals surface area contributed by atoms with Gasteiger partial charge in [0.15, 0.2) is 0 Å². The number of aromatic nitrogens is 1. The first kappa shape index (κ1) is 28.2. The van der Waals surface area contributed by atoms with Gasteiger partial charge in [-0.2, -0.15) is 0 Å². The van der Waals surface area contributed by atoms with Gasteiger partial charge in [-0.1, -0.05) is 79.7 Å². The van der Waals surface area contributed by atoms with E-state index in [1.807, 2.05) is 24.3 Å². The zero-order chi connectivity index (χ0) is 29.1. The van der Waals surface area contributed by atoms with Gasteiger partial charge in [-0.05, 0) is 40.8 Å². The van der Waals surface area contributed by atoms with Gasteiger partial charge >= 0.3 is 4.87 Å². The second-order valence-corrected chi connectivity index (χ2v) is 14.1. The average Bonchev–Trinajstić information content (AvgIpc) is 3.40. The fourth-order valence-corrected chi connectivity index (χ4v) is 8.60. The molecule has 8 nitrogen and oxygen atoms in total. The van der Waals surface area contributed by atoms with Gasteiger partial charge in [0.25, 0.3) is 0 Å². The van der Waals surface area contributed by atoms with Crippen LogP contribution >= 0.6 is 34.7 Å². The number of hydrogen-bond acceptors (Lipinski definition) is 7. The van der Waals surface area contributed by atoms with E-state index < -0.39 is 17.1 Å². The lowest BCUT2D eigenvalue weighted by Gasteiger charge is -2.31. The summed E-state index contributed by atoms with van der Waals surface area (Å²) in [5.74, 6) is -2.00. The third-order valence-corrected chi connectivity index (χ3v) is 10.8. The smallest absolute Gasteiger partial charge is 0.308 e. The molecule has 2 saturated heterocycles. The van der Waals surface area contributed by atoms with Gasteiger partial charge < -0.3 is 9.64 Å². The lowest BCUT2D eigenvalue weighted by molar-refractivity contribution is -0.136. The summed E-state index contributed by atoms with van der Waals surface area (Å²) in [6, 6.07) is 14.7. The van der Waals surface area contributed by atoms with E-state index in [0.717, 1.165) is 27.3 Å². The maximum Gasteiger partial charge on any atom is 0.308 e. The third kappa shape index (κ3) is 5.05. The summed E-state index contributed by atoms with van der Waals surface area (Å²) in [4.78, 5) is 57.8. The Kier molecular flexibility index (Phi) is 7.38. The first-order chi connectivity index (χ1) is 19.5. The largest absolute Gasteiger partial charge is 0.378 e. The van der Waals surface area contributed by atoms with Gasteiger partial charge in [0.2, 0.25) is 17.7 Å². The van der Waals surface area contributed by atoms with E-state index in [9.17, 15) is 19.2 Å². The number of carbonyl (C=O) groups is 3. The van der Waals surface area contributed by atoms with E-state index in [4.69, 9.17) is 16.3 Å². The van der Waals surface area contributed by atoms with E-state index in [1.54, 1.807) is 29.2 Å². The van der Waals surface area contributed by atoms with Gasteiger partial charge in [-0.25, -0.2) is 4.90 Å². The second kappa shape index (κ2) is 10.7. The normalized spacial score (nSPS) is 22.6. The summed E-state index contributed by atoms with van der Waals surface area (Å²) in [5.41, 5.74) is 2.40. The highest BCUT2D eigenvalue weighted by Gasteiger charge is 2.56. The minimum atomic E-state index is -0.739. The van der Waals surface area contributed by atoms with Crippen LogP contribution in [0.15, 0.2) is 58.4 Å². The van der Waals surface area contributed by atoms with Crippen molar-refractivity contribution < 1.29 is 19.1 Å². The molecule has 2 unspecified atom stereocenters. The van der Waals surface area contributed by atoms with Gasteiger partial charge in [0.05, 0.1) is 29.8 Å². The predicted octanol–water partition coefficient (Wildman–Crippen LogP) is 4.52. The molecule has 2 fully saturated rings. The van der Waals surface area contributed by atoms with Crippen LogP contribution in [-0.4, -0.2) is 58.7 Å². The number of thiazole rings is 1. The number of anilines is 1. The standard InChI is InChI=1S/C30H30ClN3O5S2/c1-30(2,3)18-6-4-17(5-7-18)22-23-24(27(37)34(26(23)36)20-10-8-19(31)9-11-20)40-28-25(22)41-29(38)33(28)16-21(35)32-12-14-39-15-13-32/h4-11,22-24H,12-16H2,1-3H3/t22-,23?,24?/m1/s1. The number of carbonyl (C=O) groups excluding carboxylic acids is 3. The minimum Gasteiger partial charge on any atom is -0.378 e. The van der Waals surface area contributed by atoms with Crippen molar-refractivity contribution in [2.75, 3.05) is 31.2 Å². The number of halogens is 1. The highest BCUT2D eigenvalue weighted by atomic mass is 35.5. The van der Waals surface area contributed by atoms with Crippen LogP contribution in [-0.2, 0) is 31.1 Å². The van der Waals surface area contributed by atoms with Gasteiger partial charge in [0.1, 0.15) is 11.8 Å². The maximum absolute atomic E-state index is 14.0. The molecule has 2 aromatic carbocycles. The Balaban J connectivity index is 1.44. The molecule has 3 aromatic rings. The van der Waals surface area contributed by atoms with E-state index in [-0.39, 0.29) is 34.6 Å². The molecule has 6 rings (SSSR count). The number of morpholine rings is 1. The summed E-state index contributed by atoms with van der Waals surface area (Å²) >= 11 is 8.36. The van der Waals surface area contributed by atoms with E-state index in [0.29, 0.717) is 42.0 Å². The number of thioether (sulfide) groups is 1. The molecule has 41 heavy (non-hydrogen) atoms. The fourth-order valence-electron chi connectivity index (χ4n) is 5.70. The maximum atomic E-state index is 14.0. The summed E-state index contributed by atoms with van der Waals surface area (Å²) in [7, 11) is 0. The molecule has 214 valence electrons. The van der Waals surface area contributed by atoms with Crippen molar-refractivity contribution in [3.05, 3.63) is 79.2 Å². The molecule has 0 bridgehead atoms. The molecule has 0 saturated carbocycles. The van der Waals surface area contributed by atoms with Crippen LogP contribution < -0.4 is 9.77 Å². The number of amides is 3. The summed E-state index contributed by atoms with van der Waals surface area (Å²) < 4.78 is 6.85. The second-order valence-electron chi connectivity index (χ2n) is 11.5. The Morgan fingerprint density at radius 1 is 0.976 bits per heavy atom. The van der Waals surface area contributed by atoms with Crippen molar-refractivity contribution in [2.24, 2.45) is 5.92 Å². The molecule has 3 amide bonds. The molecule has 3 aliphatic heterocycles. The molecule has 11 heteroatoms. The van der Waals surface area contributed by atoms with Crippen molar-refractivity contribution >= 4 is 58.1 Å². The number of benzene rings is 2. The number of hydrogen-bond donors (Lipinski definition) is 0. The number of rotatable bonds is 4. The highest BCUT2D eigenvalue weighted by molar-refractivity contribution is 8.00. The van der Waals surface area contributed by atoms with Crippen LogP contribution in [0.1, 0.15) is 42.7 Å². The summed E-state index contributed by atoms with van der Waals surface area (Å²) in [6.07, 6.45) is 0. The van der Waals surface area contributed by atoms with Gasteiger partial charge in [-0.15, -0.1) is 0 Å². The fraction of sp³-hybridized carbons (Fsp3) is 0.400. The van der Waals surface area contributed by atoms with Crippen LogP contribution in [0.2, 0.25) is 5.02 Å². The molecular weight excluding hydrogens is 582 g/mol. The zero-order valence-electron chi connectivity index (χ0n) is 23.0. The van der Waals surface area contributed by atoms with Crippen LogP contribution in [0, 0.1) is 5.92 Å². The monoisotopic (exact) mass is 611 g/mol. The molecule has 4 heterocycles. The van der Waals surface area contributed by atoms with Gasteiger partial charge in [0, 0.05) is 28.9 Å². The highest BCUT2D eigenvalue weighted by Crippen LogP contribution is 2.54. The summed E-state index contributed by atoms with van der Waals surface area (Å²) in [6.45, 7) is 8.16. The molecule has 3 atom stereocenters. The molecule has 0 aliphatic carbocycles. The Morgan fingerprint density at radius 3 is 2.27 bits per heavy atom. The Labute approximate surface area is 251 Å². The number of nitrogens with zero attached hydrogens (tertiary/aromatic N) is 3. The predicted molar refractivity (Wildman–Crippen MR) is 160 cm³/mol. The van der Waals surface area contributed by atoms with Gasteiger partial charge in [-0.3, -0.25) is 23.7 Å². The van der Waals surface area contributed by atoms with Crippen LogP contribution in [0.5, 0.6) is 0 Å². The minimum absolute atomic E-state index is 0.0623. The van der Waals surface area contributed by atoms with E-state index >= 15 is 0 Å². The first-order valence-corrected chi connectivity index (χ1v) is 15.6. The Bertz CT molecular complexity index is 1570.